The number of rotatable bonds is 0. The first-order valence-corrected chi connectivity index (χ1v) is 4.35. The molecule has 1 heterocycles. The summed E-state index contributed by atoms with van der Waals surface area (Å²) in [5.74, 6) is 2.36. The molecule has 0 N–H and O–H groups in total. The molecule has 68 valence electrons. The van der Waals surface area contributed by atoms with E-state index in [1.165, 1.54) is 5.56 Å². The first kappa shape index (κ1) is 8.17. The van der Waals surface area contributed by atoms with Crippen molar-refractivity contribution in [1.82, 2.24) is 0 Å². The van der Waals surface area contributed by atoms with Crippen molar-refractivity contribution in [3.05, 3.63) is 36.1 Å². The molecule has 1 aromatic carbocycles. The molecule has 0 fully saturated rings. The molecule has 0 unspecified atom stereocenters. The quantitative estimate of drug-likeness (QED) is 0.605. The molecule has 2 heteroatoms. The van der Waals surface area contributed by atoms with Gasteiger partial charge in [0.1, 0.15) is 5.76 Å². The average molecular weight is 176 g/mol. The summed E-state index contributed by atoms with van der Waals surface area (Å²) in [5, 5.41) is 0. The molecule has 0 radical (unpaired) electrons. The Morgan fingerprint density at radius 3 is 3.00 bits per heavy atom. The van der Waals surface area contributed by atoms with Crippen LogP contribution < -0.4 is 9.47 Å². The lowest BCUT2D eigenvalue weighted by atomic mass is 10.2. The topological polar surface area (TPSA) is 18.5 Å². The maximum Gasteiger partial charge on any atom is 0.168 e. The van der Waals surface area contributed by atoms with E-state index in [9.17, 15) is 0 Å². The van der Waals surface area contributed by atoms with Crippen LogP contribution in [0, 0.1) is 6.92 Å². The van der Waals surface area contributed by atoms with E-state index in [-0.39, 0.29) is 0 Å². The third-order valence-electron chi connectivity index (χ3n) is 1.99. The van der Waals surface area contributed by atoms with Crippen molar-refractivity contribution < 1.29 is 9.47 Å². The van der Waals surface area contributed by atoms with E-state index in [0.29, 0.717) is 6.61 Å². The Morgan fingerprint density at radius 1 is 1.31 bits per heavy atom. The largest absolute Gasteiger partial charge is 0.489 e. The number of hydrogen-bond acceptors (Lipinski definition) is 2. The van der Waals surface area contributed by atoms with Crippen LogP contribution in [0.4, 0.5) is 0 Å². The highest BCUT2D eigenvalue weighted by Gasteiger charge is 2.11. The zero-order chi connectivity index (χ0) is 9.26. The van der Waals surface area contributed by atoms with Gasteiger partial charge in [-0.1, -0.05) is 12.6 Å². The van der Waals surface area contributed by atoms with E-state index in [4.69, 9.17) is 9.47 Å². The molecule has 0 amide bonds. The van der Waals surface area contributed by atoms with Crippen molar-refractivity contribution in [2.24, 2.45) is 0 Å². The smallest absolute Gasteiger partial charge is 0.168 e. The molecule has 0 spiro atoms. The fraction of sp³-hybridized carbons (Fsp3) is 0.273. The maximum atomic E-state index is 5.51. The van der Waals surface area contributed by atoms with E-state index in [1.807, 2.05) is 25.1 Å². The van der Waals surface area contributed by atoms with Crippen LogP contribution in [0.1, 0.15) is 12.0 Å². The molecule has 2 rings (SSSR count). The van der Waals surface area contributed by atoms with Crippen LogP contribution in [-0.4, -0.2) is 6.61 Å². The van der Waals surface area contributed by atoms with Gasteiger partial charge >= 0.3 is 0 Å². The fourth-order valence-electron chi connectivity index (χ4n) is 1.29. The zero-order valence-electron chi connectivity index (χ0n) is 7.67. The summed E-state index contributed by atoms with van der Waals surface area (Å²) < 4.78 is 11.0. The van der Waals surface area contributed by atoms with Gasteiger partial charge in [0.15, 0.2) is 11.5 Å². The van der Waals surface area contributed by atoms with Crippen LogP contribution in [0.3, 0.4) is 0 Å². The van der Waals surface area contributed by atoms with Crippen molar-refractivity contribution in [2.75, 3.05) is 6.61 Å². The van der Waals surface area contributed by atoms with Gasteiger partial charge in [-0.05, 0) is 24.6 Å². The Labute approximate surface area is 77.8 Å². The monoisotopic (exact) mass is 176 g/mol. The molecular weight excluding hydrogens is 164 g/mol. The summed E-state index contributed by atoms with van der Waals surface area (Å²) in [7, 11) is 0. The zero-order valence-corrected chi connectivity index (χ0v) is 7.67. The molecule has 13 heavy (non-hydrogen) atoms. The Bertz CT molecular complexity index is 342. The lowest BCUT2D eigenvalue weighted by Crippen LogP contribution is -1.95. The molecule has 0 bridgehead atoms. The van der Waals surface area contributed by atoms with E-state index >= 15 is 0 Å². The van der Waals surface area contributed by atoms with Crippen LogP contribution in [0.15, 0.2) is 30.5 Å². The fourth-order valence-corrected chi connectivity index (χ4v) is 1.29. The van der Waals surface area contributed by atoms with Gasteiger partial charge in [0.05, 0.1) is 6.61 Å². The average Bonchev–Trinajstić information content (AvgIpc) is 2.25. The number of fused-ring (bicyclic) bond motifs is 1. The summed E-state index contributed by atoms with van der Waals surface area (Å²) in [4.78, 5) is 0. The van der Waals surface area contributed by atoms with Gasteiger partial charge in [-0.2, -0.15) is 0 Å². The molecule has 0 atom stereocenters. The van der Waals surface area contributed by atoms with E-state index in [0.717, 1.165) is 23.7 Å². The van der Waals surface area contributed by atoms with Gasteiger partial charge in [-0.3, -0.25) is 0 Å². The van der Waals surface area contributed by atoms with Crippen molar-refractivity contribution in [3.8, 4) is 11.5 Å². The van der Waals surface area contributed by atoms with E-state index in [2.05, 4.69) is 6.58 Å². The van der Waals surface area contributed by atoms with Crippen molar-refractivity contribution in [3.63, 3.8) is 0 Å². The Hall–Kier alpha value is -1.44. The minimum atomic E-state index is 0.648. The molecule has 1 aliphatic rings. The lowest BCUT2D eigenvalue weighted by molar-refractivity contribution is 0.326. The Balaban J connectivity index is 2.40. The molecule has 0 saturated carbocycles. The van der Waals surface area contributed by atoms with Gasteiger partial charge in [-0.25, -0.2) is 0 Å². The number of aryl methyl sites for hydroxylation is 1. The highest BCUT2D eigenvalue weighted by Crippen LogP contribution is 2.32. The molecular formula is C11H12O2. The first-order chi connectivity index (χ1) is 6.25. The Kier molecular flexibility index (Phi) is 1.97. The predicted octanol–water partition coefficient (Wildman–Crippen LogP) is 2.67. The maximum absolute atomic E-state index is 5.51. The SMILES string of the molecule is C=C1CCOc2cc(C)ccc2O1. The van der Waals surface area contributed by atoms with E-state index in [1.54, 1.807) is 0 Å². The Morgan fingerprint density at radius 2 is 2.15 bits per heavy atom. The summed E-state index contributed by atoms with van der Waals surface area (Å²) in [5.41, 5.74) is 1.18. The predicted molar refractivity (Wildman–Crippen MR) is 51.1 cm³/mol. The van der Waals surface area contributed by atoms with Crippen LogP contribution in [0.5, 0.6) is 11.5 Å². The van der Waals surface area contributed by atoms with E-state index < -0.39 is 0 Å². The van der Waals surface area contributed by atoms with Crippen molar-refractivity contribution >= 4 is 0 Å². The molecule has 0 aromatic heterocycles. The third kappa shape index (κ3) is 1.66. The van der Waals surface area contributed by atoms with Gasteiger partial charge < -0.3 is 9.47 Å². The highest BCUT2D eigenvalue weighted by molar-refractivity contribution is 5.44. The lowest BCUT2D eigenvalue weighted by Gasteiger charge is -2.06. The van der Waals surface area contributed by atoms with Crippen molar-refractivity contribution in [1.29, 1.82) is 0 Å². The standard InChI is InChI=1S/C11H12O2/c1-8-3-4-10-11(7-8)12-6-5-9(2)13-10/h3-4,7H,2,5-6H2,1H3. The third-order valence-corrected chi connectivity index (χ3v) is 1.99. The number of hydrogen-bond donors (Lipinski definition) is 0. The second-order valence-electron chi connectivity index (χ2n) is 3.19. The summed E-state index contributed by atoms with van der Waals surface area (Å²) in [6, 6.07) is 5.90. The second kappa shape index (κ2) is 3.13. The van der Waals surface area contributed by atoms with Gasteiger partial charge in [0, 0.05) is 6.42 Å². The number of ether oxygens (including phenoxy) is 2. The van der Waals surface area contributed by atoms with Gasteiger partial charge in [0.25, 0.3) is 0 Å². The van der Waals surface area contributed by atoms with Gasteiger partial charge in [-0.15, -0.1) is 0 Å². The summed E-state index contributed by atoms with van der Waals surface area (Å²) in [6.45, 7) is 6.47. The first-order valence-electron chi connectivity index (χ1n) is 4.35. The minimum Gasteiger partial charge on any atom is -0.489 e. The summed E-state index contributed by atoms with van der Waals surface area (Å²) >= 11 is 0. The normalized spacial score (nSPS) is 15.3. The van der Waals surface area contributed by atoms with Crippen molar-refractivity contribution in [2.45, 2.75) is 13.3 Å². The molecule has 0 aliphatic carbocycles. The molecule has 1 aliphatic heterocycles. The van der Waals surface area contributed by atoms with Crippen LogP contribution in [0.2, 0.25) is 0 Å². The summed E-state index contributed by atoms with van der Waals surface area (Å²) in [6.07, 6.45) is 0.758. The minimum absolute atomic E-state index is 0.648. The van der Waals surface area contributed by atoms with Crippen LogP contribution in [0.25, 0.3) is 0 Å². The molecule has 2 nitrogen and oxygen atoms in total. The molecule has 1 aromatic rings. The van der Waals surface area contributed by atoms with Gasteiger partial charge in [0.2, 0.25) is 0 Å². The second-order valence-corrected chi connectivity index (χ2v) is 3.19. The molecule has 0 saturated heterocycles. The highest BCUT2D eigenvalue weighted by atomic mass is 16.5. The number of benzene rings is 1. The van der Waals surface area contributed by atoms with Crippen LogP contribution in [-0.2, 0) is 0 Å². The van der Waals surface area contributed by atoms with Crippen LogP contribution >= 0.6 is 0 Å².